The van der Waals surface area contributed by atoms with Crippen molar-refractivity contribution in [1.82, 2.24) is 34.3 Å². The van der Waals surface area contributed by atoms with Gasteiger partial charge in [0.2, 0.25) is 11.3 Å². The third kappa shape index (κ3) is 3.45. The molecule has 3 aromatic heterocycles. The molecule has 2 aliphatic rings. The highest BCUT2D eigenvalue weighted by molar-refractivity contribution is 5.97. The molecule has 0 saturated carbocycles. The van der Waals surface area contributed by atoms with Crippen LogP contribution in [0.25, 0.3) is 11.0 Å². The highest BCUT2D eigenvalue weighted by Gasteiger charge is 2.35. The van der Waals surface area contributed by atoms with E-state index in [1.807, 2.05) is 24.6 Å². The van der Waals surface area contributed by atoms with Crippen LogP contribution in [0, 0.1) is 6.92 Å². The Morgan fingerprint density at radius 1 is 1.19 bits per heavy atom. The van der Waals surface area contributed by atoms with E-state index in [1.165, 1.54) is 0 Å². The van der Waals surface area contributed by atoms with Crippen LogP contribution in [0.15, 0.2) is 29.3 Å². The first-order valence-electron chi connectivity index (χ1n) is 10.9. The SMILES string of the molecule is CCn1cc(C(=O)N2CC(n3cc(CN4CCCC4=O)nn3)C2)c(=O)c2ccc(C)nc21. The van der Waals surface area contributed by atoms with Gasteiger partial charge in [0.25, 0.3) is 5.91 Å². The number of hydrogen-bond donors (Lipinski definition) is 0. The third-order valence-electron chi connectivity index (χ3n) is 6.24. The van der Waals surface area contributed by atoms with Gasteiger partial charge in [0.1, 0.15) is 16.9 Å². The summed E-state index contributed by atoms with van der Waals surface area (Å²) in [5, 5.41) is 8.82. The molecule has 0 aliphatic carbocycles. The number of likely N-dealkylation sites (tertiary alicyclic amines) is 2. The fraction of sp³-hybridized carbons (Fsp3) is 0.455. The van der Waals surface area contributed by atoms with Gasteiger partial charge < -0.3 is 14.4 Å². The van der Waals surface area contributed by atoms with Crippen molar-refractivity contribution in [2.45, 2.75) is 45.8 Å². The second-order valence-corrected chi connectivity index (χ2v) is 8.45. The van der Waals surface area contributed by atoms with Crippen LogP contribution in [0.4, 0.5) is 0 Å². The molecule has 0 atom stereocenters. The third-order valence-corrected chi connectivity index (χ3v) is 6.24. The first-order chi connectivity index (χ1) is 15.4. The van der Waals surface area contributed by atoms with Crippen molar-refractivity contribution < 1.29 is 9.59 Å². The molecule has 10 nitrogen and oxygen atoms in total. The highest BCUT2D eigenvalue weighted by atomic mass is 16.2. The number of pyridine rings is 2. The van der Waals surface area contributed by atoms with E-state index >= 15 is 0 Å². The molecule has 0 aromatic carbocycles. The molecule has 0 N–H and O–H groups in total. The van der Waals surface area contributed by atoms with Crippen LogP contribution in [0.1, 0.15) is 47.6 Å². The normalized spacial score (nSPS) is 16.8. The van der Waals surface area contributed by atoms with Crippen molar-refractivity contribution in [2.24, 2.45) is 0 Å². The summed E-state index contributed by atoms with van der Waals surface area (Å²) >= 11 is 0. The van der Waals surface area contributed by atoms with Gasteiger partial charge in [-0.25, -0.2) is 9.67 Å². The lowest BCUT2D eigenvalue weighted by atomic mass is 10.1. The average molecular weight is 435 g/mol. The van der Waals surface area contributed by atoms with Crippen LogP contribution in [0.2, 0.25) is 0 Å². The molecule has 0 unspecified atom stereocenters. The zero-order valence-electron chi connectivity index (χ0n) is 18.2. The number of amides is 2. The number of aromatic nitrogens is 5. The minimum absolute atomic E-state index is 0.00709. The first-order valence-corrected chi connectivity index (χ1v) is 10.9. The number of nitrogens with zero attached hydrogens (tertiary/aromatic N) is 7. The monoisotopic (exact) mass is 435 g/mol. The van der Waals surface area contributed by atoms with E-state index in [9.17, 15) is 14.4 Å². The standard InChI is InChI=1S/C22H25N7O3/c1-3-26-13-18(20(31)17-7-6-14(2)23-21(17)26)22(32)28-11-16(12-28)29-10-15(24-25-29)9-27-8-4-5-19(27)30/h6-7,10,13,16H,3-5,8-9,11-12H2,1-2H3. The topological polar surface area (TPSA) is 106 Å². The van der Waals surface area contributed by atoms with Gasteiger partial charge in [0.05, 0.1) is 24.2 Å². The number of carbonyl (C=O) groups is 2. The lowest BCUT2D eigenvalue weighted by molar-refractivity contribution is -0.128. The zero-order valence-corrected chi connectivity index (χ0v) is 18.2. The highest BCUT2D eigenvalue weighted by Crippen LogP contribution is 2.23. The Balaban J connectivity index is 1.30. The maximum absolute atomic E-state index is 13.1. The van der Waals surface area contributed by atoms with Crippen LogP contribution in [-0.2, 0) is 17.9 Å². The Kier molecular flexibility index (Phi) is 4.99. The molecule has 0 bridgehead atoms. The molecule has 2 fully saturated rings. The van der Waals surface area contributed by atoms with Crippen LogP contribution in [-0.4, -0.2) is 65.8 Å². The molecular formula is C22H25N7O3. The van der Waals surface area contributed by atoms with Crippen LogP contribution in [0.3, 0.4) is 0 Å². The van der Waals surface area contributed by atoms with Crippen LogP contribution in [0.5, 0.6) is 0 Å². The summed E-state index contributed by atoms with van der Waals surface area (Å²) in [4.78, 5) is 45.8. The summed E-state index contributed by atoms with van der Waals surface area (Å²) in [7, 11) is 0. The van der Waals surface area contributed by atoms with E-state index in [1.54, 1.807) is 32.8 Å². The van der Waals surface area contributed by atoms with Crippen molar-refractivity contribution in [2.75, 3.05) is 19.6 Å². The van der Waals surface area contributed by atoms with E-state index in [-0.39, 0.29) is 28.8 Å². The Bertz CT molecular complexity index is 1270. The first kappa shape index (κ1) is 20.3. The summed E-state index contributed by atoms with van der Waals surface area (Å²) in [5.41, 5.74) is 2.04. The van der Waals surface area contributed by atoms with Gasteiger partial charge in [0.15, 0.2) is 0 Å². The van der Waals surface area contributed by atoms with Crippen molar-refractivity contribution in [1.29, 1.82) is 0 Å². The Morgan fingerprint density at radius 3 is 2.72 bits per heavy atom. The van der Waals surface area contributed by atoms with E-state index in [0.717, 1.165) is 24.4 Å². The van der Waals surface area contributed by atoms with Gasteiger partial charge in [-0.1, -0.05) is 5.21 Å². The molecule has 5 heterocycles. The quantitative estimate of drug-likeness (QED) is 0.595. The van der Waals surface area contributed by atoms with E-state index in [4.69, 9.17) is 0 Å². The largest absolute Gasteiger partial charge is 0.337 e. The Labute approximate surface area is 184 Å². The van der Waals surface area contributed by atoms with Gasteiger partial charge in [-0.2, -0.15) is 0 Å². The number of aryl methyl sites for hydroxylation is 2. The van der Waals surface area contributed by atoms with Gasteiger partial charge >= 0.3 is 0 Å². The molecule has 166 valence electrons. The molecule has 5 rings (SSSR count). The van der Waals surface area contributed by atoms with Crippen LogP contribution < -0.4 is 5.43 Å². The van der Waals surface area contributed by atoms with Gasteiger partial charge in [0, 0.05) is 44.5 Å². The predicted octanol–water partition coefficient (Wildman–Crippen LogP) is 1.14. The smallest absolute Gasteiger partial charge is 0.259 e. The number of fused-ring (bicyclic) bond motifs is 1. The molecule has 10 heteroatoms. The van der Waals surface area contributed by atoms with Gasteiger partial charge in [-0.15, -0.1) is 5.10 Å². The molecule has 2 amide bonds. The number of rotatable bonds is 5. The molecular weight excluding hydrogens is 410 g/mol. The molecule has 32 heavy (non-hydrogen) atoms. The van der Waals surface area contributed by atoms with Crippen LogP contribution >= 0.6 is 0 Å². The lowest BCUT2D eigenvalue weighted by Gasteiger charge is -2.38. The average Bonchev–Trinajstić information content (AvgIpc) is 3.36. The predicted molar refractivity (Wildman–Crippen MR) is 116 cm³/mol. The van der Waals surface area contributed by atoms with Gasteiger partial charge in [-0.05, 0) is 32.4 Å². The van der Waals surface area contributed by atoms with Crippen molar-refractivity contribution in [3.05, 3.63) is 51.7 Å². The molecule has 2 aliphatic heterocycles. The molecule has 3 aromatic rings. The second-order valence-electron chi connectivity index (χ2n) is 8.45. The summed E-state index contributed by atoms with van der Waals surface area (Å²) in [6, 6.07) is 3.53. The second kappa shape index (κ2) is 7.85. The number of hydrogen-bond acceptors (Lipinski definition) is 6. The minimum Gasteiger partial charge on any atom is -0.337 e. The molecule has 0 radical (unpaired) electrons. The zero-order chi connectivity index (χ0) is 22.4. The van der Waals surface area contributed by atoms with Crippen molar-refractivity contribution >= 4 is 22.8 Å². The fourth-order valence-electron chi connectivity index (χ4n) is 4.34. The van der Waals surface area contributed by atoms with Crippen molar-refractivity contribution in [3.63, 3.8) is 0 Å². The van der Waals surface area contributed by atoms with E-state index in [2.05, 4.69) is 15.3 Å². The van der Waals surface area contributed by atoms with Gasteiger partial charge in [-0.3, -0.25) is 14.4 Å². The summed E-state index contributed by atoms with van der Waals surface area (Å²) in [6.07, 6.45) is 4.94. The van der Waals surface area contributed by atoms with Crippen molar-refractivity contribution in [3.8, 4) is 0 Å². The fourth-order valence-corrected chi connectivity index (χ4v) is 4.34. The van der Waals surface area contributed by atoms with E-state index in [0.29, 0.717) is 43.6 Å². The molecule has 0 spiro atoms. The number of carbonyl (C=O) groups excluding carboxylic acids is 2. The maximum atomic E-state index is 13.1. The summed E-state index contributed by atoms with van der Waals surface area (Å²) in [6.45, 7) is 6.59. The minimum atomic E-state index is -0.288. The van der Waals surface area contributed by atoms with E-state index < -0.39 is 0 Å². The maximum Gasteiger partial charge on any atom is 0.259 e. The Morgan fingerprint density at radius 2 is 2.00 bits per heavy atom. The Hall–Kier alpha value is -3.56. The summed E-state index contributed by atoms with van der Waals surface area (Å²) < 4.78 is 3.59. The summed E-state index contributed by atoms with van der Waals surface area (Å²) in [5.74, 6) is -0.127. The lowest BCUT2D eigenvalue weighted by Crippen LogP contribution is -2.51. The molecule has 2 saturated heterocycles.